The third-order valence-electron chi connectivity index (χ3n) is 6.15. The Hall–Kier alpha value is -0.0800. The van der Waals surface area contributed by atoms with Crippen LogP contribution in [0.25, 0.3) is 0 Å². The van der Waals surface area contributed by atoms with Crippen molar-refractivity contribution in [1.82, 2.24) is 10.2 Å². The Balaban J connectivity index is 1.54. The number of nitrogens with one attached hydrogen (secondary N) is 1. The van der Waals surface area contributed by atoms with E-state index in [1.165, 1.54) is 64.6 Å². The van der Waals surface area contributed by atoms with Crippen molar-refractivity contribution in [2.24, 2.45) is 17.8 Å². The van der Waals surface area contributed by atoms with E-state index < -0.39 is 0 Å². The lowest BCUT2D eigenvalue weighted by molar-refractivity contribution is 0.0365. The summed E-state index contributed by atoms with van der Waals surface area (Å²) in [5.41, 5.74) is 0. The summed E-state index contributed by atoms with van der Waals surface area (Å²) in [5, 5.41) is 3.72. The molecular formula is C17H32N2. The highest BCUT2D eigenvalue weighted by Gasteiger charge is 2.36. The first-order chi connectivity index (χ1) is 9.25. The summed E-state index contributed by atoms with van der Waals surface area (Å²) in [6.07, 6.45) is 10.1. The maximum absolute atomic E-state index is 3.72. The normalized spacial score (nSPS) is 42.6. The van der Waals surface area contributed by atoms with Gasteiger partial charge in [0.05, 0.1) is 0 Å². The van der Waals surface area contributed by atoms with Gasteiger partial charge in [-0.3, -0.25) is 4.90 Å². The molecule has 3 aliphatic rings. The van der Waals surface area contributed by atoms with Crippen molar-refractivity contribution < 1.29 is 0 Å². The van der Waals surface area contributed by atoms with Crippen molar-refractivity contribution in [3.8, 4) is 0 Å². The van der Waals surface area contributed by atoms with Crippen LogP contribution < -0.4 is 5.32 Å². The van der Waals surface area contributed by atoms with Crippen LogP contribution in [-0.4, -0.2) is 36.6 Å². The first kappa shape index (κ1) is 13.9. The fourth-order valence-electron chi connectivity index (χ4n) is 5.12. The highest BCUT2D eigenvalue weighted by Crippen LogP contribution is 2.35. The summed E-state index contributed by atoms with van der Waals surface area (Å²) in [6, 6.07) is 1.73. The summed E-state index contributed by atoms with van der Waals surface area (Å²) in [4.78, 5) is 2.85. The molecule has 2 saturated heterocycles. The Morgan fingerprint density at radius 2 is 1.53 bits per heavy atom. The molecule has 3 fully saturated rings. The third-order valence-corrected chi connectivity index (χ3v) is 6.15. The molecule has 2 heterocycles. The van der Waals surface area contributed by atoms with Crippen LogP contribution in [0.1, 0.15) is 58.8 Å². The molecule has 0 amide bonds. The van der Waals surface area contributed by atoms with E-state index >= 15 is 0 Å². The van der Waals surface area contributed by atoms with Gasteiger partial charge >= 0.3 is 0 Å². The van der Waals surface area contributed by atoms with Crippen LogP contribution in [0.4, 0.5) is 0 Å². The largest absolute Gasteiger partial charge is 0.314 e. The molecule has 110 valence electrons. The summed E-state index contributed by atoms with van der Waals surface area (Å²) < 4.78 is 0. The minimum absolute atomic E-state index is 0.850. The summed E-state index contributed by atoms with van der Waals surface area (Å²) in [6.45, 7) is 8.97. The number of hydrogen-bond acceptors (Lipinski definition) is 2. The second-order valence-electron chi connectivity index (χ2n) is 7.45. The van der Waals surface area contributed by atoms with Gasteiger partial charge in [-0.15, -0.1) is 0 Å². The van der Waals surface area contributed by atoms with Gasteiger partial charge in [-0.2, -0.15) is 0 Å². The molecule has 1 N–H and O–H groups in total. The maximum atomic E-state index is 3.72. The van der Waals surface area contributed by atoms with Gasteiger partial charge in [0.1, 0.15) is 0 Å². The van der Waals surface area contributed by atoms with Crippen molar-refractivity contribution in [1.29, 1.82) is 0 Å². The van der Waals surface area contributed by atoms with Crippen LogP contribution in [0.5, 0.6) is 0 Å². The van der Waals surface area contributed by atoms with Crippen molar-refractivity contribution in [2.45, 2.75) is 70.9 Å². The van der Waals surface area contributed by atoms with Crippen LogP contribution >= 0.6 is 0 Å². The monoisotopic (exact) mass is 264 g/mol. The summed E-state index contributed by atoms with van der Waals surface area (Å²) in [5.74, 6) is 2.81. The number of likely N-dealkylation sites (tertiary alicyclic amines) is 1. The number of hydrogen-bond donors (Lipinski definition) is 1. The number of piperidine rings is 1. The Labute approximate surface area is 119 Å². The molecule has 1 aliphatic carbocycles. The van der Waals surface area contributed by atoms with E-state index in [2.05, 4.69) is 24.1 Å². The van der Waals surface area contributed by atoms with Gasteiger partial charge in [-0.1, -0.05) is 20.3 Å². The van der Waals surface area contributed by atoms with E-state index in [4.69, 9.17) is 0 Å². The molecular weight excluding hydrogens is 232 g/mol. The molecule has 3 atom stereocenters. The first-order valence-electron chi connectivity index (χ1n) is 8.73. The minimum atomic E-state index is 0.850. The molecule has 3 rings (SSSR count). The van der Waals surface area contributed by atoms with Gasteiger partial charge < -0.3 is 5.32 Å². The summed E-state index contributed by atoms with van der Waals surface area (Å²) >= 11 is 0. The van der Waals surface area contributed by atoms with E-state index in [1.807, 2.05) is 0 Å². The molecule has 0 aromatic carbocycles. The Kier molecular flexibility index (Phi) is 4.48. The third kappa shape index (κ3) is 3.00. The first-order valence-corrected chi connectivity index (χ1v) is 8.73. The molecule has 3 unspecified atom stereocenters. The lowest BCUT2D eigenvalue weighted by Gasteiger charge is -2.46. The molecule has 1 saturated carbocycles. The second-order valence-corrected chi connectivity index (χ2v) is 7.45. The van der Waals surface area contributed by atoms with Gasteiger partial charge in [0.2, 0.25) is 0 Å². The zero-order valence-electron chi connectivity index (χ0n) is 12.9. The second kappa shape index (κ2) is 6.13. The summed E-state index contributed by atoms with van der Waals surface area (Å²) in [7, 11) is 0. The molecule has 0 bridgehead atoms. The maximum Gasteiger partial charge on any atom is 0.0146 e. The van der Waals surface area contributed by atoms with Crippen molar-refractivity contribution >= 4 is 0 Å². The SMILES string of the molecule is CC1CCCC(C)C1N1CCC(C2CCCN2)CC1. The molecule has 19 heavy (non-hydrogen) atoms. The van der Waals surface area contributed by atoms with E-state index in [-0.39, 0.29) is 0 Å². The predicted octanol–water partition coefficient (Wildman–Crippen LogP) is 3.28. The minimum Gasteiger partial charge on any atom is -0.314 e. The molecule has 0 aromatic heterocycles. The van der Waals surface area contributed by atoms with Crippen LogP contribution in [0.15, 0.2) is 0 Å². The Morgan fingerprint density at radius 1 is 0.842 bits per heavy atom. The lowest BCUT2D eigenvalue weighted by Crippen LogP contribution is -2.51. The standard InChI is InChI=1S/C17H32N2/c1-13-5-3-6-14(2)17(13)19-11-8-15(9-12-19)16-7-4-10-18-16/h13-18H,3-12H2,1-2H3. The molecule has 0 aromatic rings. The highest BCUT2D eigenvalue weighted by molar-refractivity contribution is 4.91. The van der Waals surface area contributed by atoms with Gasteiger partial charge in [-0.25, -0.2) is 0 Å². The molecule has 2 nitrogen and oxygen atoms in total. The molecule has 0 spiro atoms. The molecule has 0 radical (unpaired) electrons. The van der Waals surface area contributed by atoms with Crippen molar-refractivity contribution in [3.05, 3.63) is 0 Å². The average molecular weight is 264 g/mol. The van der Waals surface area contributed by atoms with Crippen LogP contribution in [0.3, 0.4) is 0 Å². The van der Waals surface area contributed by atoms with E-state index in [0.29, 0.717) is 0 Å². The smallest absolute Gasteiger partial charge is 0.0146 e. The zero-order valence-corrected chi connectivity index (χ0v) is 12.9. The van der Waals surface area contributed by atoms with Gasteiger partial charge in [0, 0.05) is 12.1 Å². The van der Waals surface area contributed by atoms with Crippen molar-refractivity contribution in [3.63, 3.8) is 0 Å². The number of rotatable bonds is 2. The average Bonchev–Trinajstić information content (AvgIpc) is 2.93. The van der Waals surface area contributed by atoms with Gasteiger partial charge in [0.25, 0.3) is 0 Å². The lowest BCUT2D eigenvalue weighted by atomic mass is 9.76. The van der Waals surface area contributed by atoms with E-state index in [0.717, 1.165) is 29.8 Å². The Bertz CT molecular complexity index is 267. The molecule has 2 heteroatoms. The number of nitrogens with zero attached hydrogens (tertiary/aromatic N) is 1. The quantitative estimate of drug-likeness (QED) is 0.823. The van der Waals surface area contributed by atoms with Crippen LogP contribution in [0, 0.1) is 17.8 Å². The van der Waals surface area contributed by atoms with Crippen molar-refractivity contribution in [2.75, 3.05) is 19.6 Å². The van der Waals surface area contributed by atoms with Gasteiger partial charge in [0.15, 0.2) is 0 Å². The predicted molar refractivity (Wildman–Crippen MR) is 81.3 cm³/mol. The zero-order chi connectivity index (χ0) is 13.2. The molecule has 2 aliphatic heterocycles. The highest BCUT2D eigenvalue weighted by atomic mass is 15.2. The topological polar surface area (TPSA) is 15.3 Å². The van der Waals surface area contributed by atoms with E-state index in [9.17, 15) is 0 Å². The fourth-order valence-corrected chi connectivity index (χ4v) is 5.12. The van der Waals surface area contributed by atoms with E-state index in [1.54, 1.807) is 0 Å². The van der Waals surface area contributed by atoms with Crippen LogP contribution in [-0.2, 0) is 0 Å². The fraction of sp³-hybridized carbons (Fsp3) is 1.00. The van der Waals surface area contributed by atoms with Gasteiger partial charge in [-0.05, 0) is 75.9 Å². The van der Waals surface area contributed by atoms with Crippen LogP contribution in [0.2, 0.25) is 0 Å². The Morgan fingerprint density at radius 3 is 2.11 bits per heavy atom.